The minimum Gasteiger partial charge on any atom is -0.471 e. The second-order valence-electron chi connectivity index (χ2n) is 7.09. The Kier molecular flexibility index (Phi) is 6.09. The van der Waals surface area contributed by atoms with E-state index in [0.717, 1.165) is 0 Å². The van der Waals surface area contributed by atoms with Crippen LogP contribution in [-0.2, 0) is 11.3 Å². The maximum absolute atomic E-state index is 13.1. The van der Waals surface area contributed by atoms with Gasteiger partial charge < -0.3 is 20.4 Å². The van der Waals surface area contributed by atoms with E-state index in [1.165, 1.54) is 24.2 Å². The van der Waals surface area contributed by atoms with Crippen molar-refractivity contribution >= 4 is 11.8 Å². The topological polar surface area (TPSA) is 95.6 Å². The molecule has 0 radical (unpaired) electrons. The Labute approximate surface area is 175 Å². The molecule has 2 aliphatic rings. The van der Waals surface area contributed by atoms with Gasteiger partial charge in [-0.25, -0.2) is 8.78 Å². The van der Waals surface area contributed by atoms with Crippen LogP contribution in [0.25, 0.3) is 0 Å². The number of pyridine rings is 1. The predicted molar refractivity (Wildman–Crippen MR) is 101 cm³/mol. The molecular formula is C19H21F4N5O3. The van der Waals surface area contributed by atoms with Crippen LogP contribution in [0.15, 0.2) is 35.5 Å². The van der Waals surface area contributed by atoms with Gasteiger partial charge in [0.15, 0.2) is 6.61 Å². The van der Waals surface area contributed by atoms with Crippen LogP contribution in [0.2, 0.25) is 0 Å². The number of rotatable bonds is 7. The number of hydrogen-bond donors (Lipinski definition) is 3. The van der Waals surface area contributed by atoms with Gasteiger partial charge in [0, 0.05) is 36.5 Å². The van der Waals surface area contributed by atoms with E-state index < -0.39 is 30.9 Å². The molecule has 2 amide bonds. The molecule has 3 heterocycles. The van der Waals surface area contributed by atoms with E-state index in [1.807, 2.05) is 0 Å². The smallest absolute Gasteiger partial charge is 0.340 e. The molecular weight excluding hydrogens is 422 g/mol. The number of carbonyl (C=O) groups is 2. The molecule has 168 valence electrons. The highest BCUT2D eigenvalue weighted by Crippen LogP contribution is 2.29. The molecule has 2 aliphatic heterocycles. The minimum absolute atomic E-state index is 0.126. The molecule has 1 atom stereocenters. The lowest BCUT2D eigenvalue weighted by atomic mass is 10.1. The zero-order chi connectivity index (χ0) is 22.9. The summed E-state index contributed by atoms with van der Waals surface area (Å²) in [7, 11) is 1.47. The Morgan fingerprint density at radius 1 is 1.39 bits per heavy atom. The number of hydrogen-bond acceptors (Lipinski definition) is 6. The van der Waals surface area contributed by atoms with Crippen molar-refractivity contribution in [3.05, 3.63) is 52.3 Å². The third-order valence-electron chi connectivity index (χ3n) is 5.01. The summed E-state index contributed by atoms with van der Waals surface area (Å²) in [5.41, 5.74) is 7.24. The van der Waals surface area contributed by atoms with Gasteiger partial charge in [-0.15, -0.1) is 0 Å². The summed E-state index contributed by atoms with van der Waals surface area (Å²) in [5.74, 6) is -5.11. The van der Waals surface area contributed by atoms with Crippen molar-refractivity contribution in [2.45, 2.75) is 38.8 Å². The van der Waals surface area contributed by atoms with E-state index >= 15 is 0 Å². The number of fused-ring (bicyclic) bond motifs is 1. The predicted octanol–water partition coefficient (Wildman–Crippen LogP) is 1.93. The van der Waals surface area contributed by atoms with Crippen LogP contribution >= 0.6 is 0 Å². The van der Waals surface area contributed by atoms with Gasteiger partial charge in [-0.1, -0.05) is 0 Å². The van der Waals surface area contributed by atoms with Gasteiger partial charge in [0.1, 0.15) is 5.69 Å². The first-order valence-electron chi connectivity index (χ1n) is 9.31. The van der Waals surface area contributed by atoms with Crippen molar-refractivity contribution in [1.82, 2.24) is 26.1 Å². The molecule has 8 nitrogen and oxygen atoms in total. The van der Waals surface area contributed by atoms with Crippen molar-refractivity contribution in [1.29, 1.82) is 0 Å². The van der Waals surface area contributed by atoms with Gasteiger partial charge in [-0.3, -0.25) is 20.0 Å². The van der Waals surface area contributed by atoms with Crippen molar-refractivity contribution in [2.75, 3.05) is 13.7 Å². The molecule has 0 saturated carbocycles. The quantitative estimate of drug-likeness (QED) is 0.558. The monoisotopic (exact) mass is 443 g/mol. The second kappa shape index (κ2) is 8.44. The Morgan fingerprint density at radius 3 is 2.71 bits per heavy atom. The van der Waals surface area contributed by atoms with E-state index in [0.29, 0.717) is 22.4 Å². The Balaban J connectivity index is 1.76. The molecule has 12 heteroatoms. The summed E-state index contributed by atoms with van der Waals surface area (Å²) >= 11 is 0. The van der Waals surface area contributed by atoms with Crippen LogP contribution < -0.4 is 16.2 Å². The fourth-order valence-electron chi connectivity index (χ4n) is 3.21. The first-order chi connectivity index (χ1) is 14.6. The minimum atomic E-state index is -4.28. The SMILES string of the molecule is CNC(=O)c1nccc2c1CN(C(C)C1=CC(C)=C(OCC(F)(F)C(F)F)NN1)C2=O. The summed E-state index contributed by atoms with van der Waals surface area (Å²) in [5, 5.41) is 2.49. The molecule has 3 N–H and O–H groups in total. The normalized spacial score (nSPS) is 17.1. The van der Waals surface area contributed by atoms with Gasteiger partial charge in [-0.2, -0.15) is 8.78 Å². The highest BCUT2D eigenvalue weighted by Gasteiger charge is 2.42. The van der Waals surface area contributed by atoms with Gasteiger partial charge in [0.2, 0.25) is 5.88 Å². The maximum Gasteiger partial charge on any atom is 0.340 e. The van der Waals surface area contributed by atoms with E-state index in [1.54, 1.807) is 19.9 Å². The molecule has 31 heavy (non-hydrogen) atoms. The molecule has 3 rings (SSSR count). The largest absolute Gasteiger partial charge is 0.471 e. The Bertz CT molecular complexity index is 964. The van der Waals surface area contributed by atoms with Crippen LogP contribution in [0.4, 0.5) is 17.6 Å². The molecule has 0 aromatic carbocycles. The first kappa shape index (κ1) is 22.4. The lowest BCUT2D eigenvalue weighted by Gasteiger charge is -2.31. The van der Waals surface area contributed by atoms with Gasteiger partial charge in [-0.05, 0) is 26.0 Å². The van der Waals surface area contributed by atoms with Crippen LogP contribution in [0.5, 0.6) is 0 Å². The number of nitrogens with one attached hydrogen (secondary N) is 3. The average molecular weight is 443 g/mol. The number of alkyl halides is 4. The van der Waals surface area contributed by atoms with E-state index in [4.69, 9.17) is 4.74 Å². The standard InChI is InChI=1S/C19H21F4N5O3/c1-9-6-13(26-27-16(9)31-8-19(22,23)18(20)21)10(2)28-7-12-11(17(28)30)4-5-25-14(12)15(29)24-3/h4-6,10,18,26-27H,7-8H2,1-3H3,(H,24,29). The van der Waals surface area contributed by atoms with Crippen molar-refractivity contribution in [3.8, 4) is 0 Å². The first-order valence-corrected chi connectivity index (χ1v) is 9.31. The molecule has 0 fully saturated rings. The molecule has 0 bridgehead atoms. The van der Waals surface area contributed by atoms with E-state index in [9.17, 15) is 27.2 Å². The second-order valence-corrected chi connectivity index (χ2v) is 7.09. The lowest BCUT2D eigenvalue weighted by molar-refractivity contribution is -0.159. The summed E-state index contributed by atoms with van der Waals surface area (Å²) < 4.78 is 55.6. The number of ether oxygens (including phenoxy) is 1. The van der Waals surface area contributed by atoms with Crippen LogP contribution in [0, 0.1) is 0 Å². The number of hydrazine groups is 1. The summed E-state index contributed by atoms with van der Waals surface area (Å²) in [6.45, 7) is 1.95. The number of carbonyl (C=O) groups excluding carboxylic acids is 2. The van der Waals surface area contributed by atoms with Crippen molar-refractivity contribution in [3.63, 3.8) is 0 Å². The fourth-order valence-corrected chi connectivity index (χ4v) is 3.21. The van der Waals surface area contributed by atoms with Crippen molar-refractivity contribution < 1.29 is 31.9 Å². The average Bonchev–Trinajstić information content (AvgIpc) is 3.08. The maximum atomic E-state index is 13.1. The molecule has 0 aliphatic carbocycles. The highest BCUT2D eigenvalue weighted by molar-refractivity contribution is 6.03. The summed E-state index contributed by atoms with van der Waals surface area (Å²) in [6, 6.07) is 1.04. The zero-order valence-electron chi connectivity index (χ0n) is 16.9. The Morgan fingerprint density at radius 2 is 2.10 bits per heavy atom. The number of allylic oxidation sites excluding steroid dienone is 2. The number of nitrogens with zero attached hydrogens (tertiary/aromatic N) is 2. The number of amides is 2. The third kappa shape index (κ3) is 4.28. The number of halogens is 4. The summed E-state index contributed by atoms with van der Waals surface area (Å²) in [6.07, 6.45) is -0.889. The Hall–Kier alpha value is -3.31. The molecule has 1 aromatic rings. The van der Waals surface area contributed by atoms with Gasteiger partial charge in [0.25, 0.3) is 11.8 Å². The van der Waals surface area contributed by atoms with Crippen LogP contribution in [-0.4, -0.2) is 53.7 Å². The molecule has 1 aromatic heterocycles. The lowest BCUT2D eigenvalue weighted by Crippen LogP contribution is -2.45. The zero-order valence-corrected chi connectivity index (χ0v) is 16.9. The fraction of sp³-hybridized carbons (Fsp3) is 0.421. The van der Waals surface area contributed by atoms with Crippen molar-refractivity contribution in [2.24, 2.45) is 0 Å². The van der Waals surface area contributed by atoms with Crippen LogP contribution in [0.3, 0.4) is 0 Å². The molecule has 1 unspecified atom stereocenters. The number of aromatic nitrogens is 1. The molecule has 0 saturated heterocycles. The van der Waals surface area contributed by atoms with E-state index in [2.05, 4.69) is 21.2 Å². The summed E-state index contributed by atoms with van der Waals surface area (Å²) in [4.78, 5) is 30.5. The highest BCUT2D eigenvalue weighted by atomic mass is 19.3. The third-order valence-corrected chi connectivity index (χ3v) is 5.01. The van der Waals surface area contributed by atoms with Crippen LogP contribution in [0.1, 0.15) is 40.3 Å². The van der Waals surface area contributed by atoms with Gasteiger partial charge in [0.05, 0.1) is 11.7 Å². The van der Waals surface area contributed by atoms with Gasteiger partial charge >= 0.3 is 12.3 Å². The molecule has 0 spiro atoms. The van der Waals surface area contributed by atoms with E-state index in [-0.39, 0.29) is 24.0 Å².